The van der Waals surface area contributed by atoms with Gasteiger partial charge in [0, 0.05) is 25.2 Å². The fraction of sp³-hybridized carbons (Fsp3) is 0.500. The van der Waals surface area contributed by atoms with Crippen molar-refractivity contribution in [2.45, 2.75) is 61.5 Å². The monoisotopic (exact) mass is 452 g/mol. The first-order valence-electron chi connectivity index (χ1n) is 9.63. The fourth-order valence-corrected chi connectivity index (χ4v) is 4.67. The lowest BCUT2D eigenvalue weighted by Gasteiger charge is -2.45. The van der Waals surface area contributed by atoms with E-state index in [-0.39, 0.29) is 13.0 Å². The molecule has 2 saturated heterocycles. The molecule has 1 aromatic carbocycles. The summed E-state index contributed by atoms with van der Waals surface area (Å²) in [5, 5.41) is 12.1. The molecular weight excluding hydrogens is 428 g/mol. The summed E-state index contributed by atoms with van der Waals surface area (Å²) in [6.07, 6.45) is -2.45. The average Bonchev–Trinajstić information content (AvgIpc) is 3.07. The number of nitrogens with zero attached hydrogens (tertiary/aromatic N) is 1. The Labute approximate surface area is 183 Å². The Balaban J connectivity index is 1.88. The summed E-state index contributed by atoms with van der Waals surface area (Å²) < 4.78 is 16.2. The Morgan fingerprint density at radius 2 is 1.94 bits per heavy atom. The Kier molecular flexibility index (Phi) is 6.87. The third kappa shape index (κ3) is 5.17. The number of benzene rings is 1. The molecule has 3 rings (SSSR count). The van der Waals surface area contributed by atoms with E-state index in [2.05, 4.69) is 5.32 Å². The van der Waals surface area contributed by atoms with Gasteiger partial charge in [-0.1, -0.05) is 30.0 Å². The number of imide groups is 1. The van der Waals surface area contributed by atoms with Crippen molar-refractivity contribution in [1.82, 2.24) is 10.2 Å². The molecule has 5 atom stereocenters. The summed E-state index contributed by atoms with van der Waals surface area (Å²) in [6.45, 7) is 3.62. The second-order valence-electron chi connectivity index (χ2n) is 7.41. The van der Waals surface area contributed by atoms with Crippen molar-refractivity contribution in [3.8, 4) is 0 Å². The number of esters is 2. The maximum absolute atomic E-state index is 12.8. The van der Waals surface area contributed by atoms with Crippen LogP contribution in [0.15, 0.2) is 35.2 Å². The number of ether oxygens (including phenoxy) is 3. The lowest BCUT2D eigenvalue weighted by molar-refractivity contribution is -0.159. The third-order valence-corrected chi connectivity index (χ3v) is 6.35. The Hall–Kier alpha value is -2.63. The van der Waals surface area contributed by atoms with Crippen LogP contribution < -0.4 is 5.32 Å². The largest absolute Gasteiger partial charge is 0.463 e. The van der Waals surface area contributed by atoms with E-state index >= 15 is 0 Å². The van der Waals surface area contributed by atoms with E-state index in [1.165, 1.54) is 25.7 Å². The number of nitrogens with one attached hydrogen (secondary N) is 1. The van der Waals surface area contributed by atoms with Gasteiger partial charge < -0.3 is 19.3 Å². The van der Waals surface area contributed by atoms with Crippen LogP contribution in [0.3, 0.4) is 0 Å². The molecule has 0 aliphatic carbocycles. The second-order valence-corrected chi connectivity index (χ2v) is 8.57. The van der Waals surface area contributed by atoms with E-state index in [9.17, 15) is 24.3 Å². The maximum Gasteiger partial charge on any atom is 0.327 e. The first kappa shape index (κ1) is 23.0. The quantitative estimate of drug-likeness (QED) is 0.607. The van der Waals surface area contributed by atoms with Crippen molar-refractivity contribution in [3.05, 3.63) is 30.3 Å². The smallest absolute Gasteiger partial charge is 0.327 e. The highest BCUT2D eigenvalue weighted by Gasteiger charge is 2.55. The topological polar surface area (TPSA) is 131 Å². The van der Waals surface area contributed by atoms with Gasteiger partial charge in [0.25, 0.3) is 5.91 Å². The van der Waals surface area contributed by atoms with Gasteiger partial charge >= 0.3 is 18.0 Å². The number of hydrogen-bond donors (Lipinski definition) is 2. The van der Waals surface area contributed by atoms with Crippen LogP contribution in [-0.4, -0.2) is 69.9 Å². The van der Waals surface area contributed by atoms with Crippen LogP contribution in [-0.2, 0) is 28.6 Å². The number of thioether (sulfide) groups is 1. The van der Waals surface area contributed by atoms with Crippen molar-refractivity contribution in [1.29, 1.82) is 0 Å². The standard InChI is InChI=1S/C20H24N2O8S/c1-11(23)28-10-15-14(29-12(2)24)9-16(30-15)22-18(31-13-7-5-4-6-8-13)20(3,27)17(25)21-19(22)26/h4-8,14-16,18,27H,9-10H2,1-3H3,(H,21,25,26)/t14-,15+,16+,18-,20-/m0/s1. The minimum Gasteiger partial charge on any atom is -0.463 e. The molecule has 0 bridgehead atoms. The molecule has 1 aromatic rings. The summed E-state index contributed by atoms with van der Waals surface area (Å²) in [6, 6.07) is 8.24. The van der Waals surface area contributed by atoms with Crippen LogP contribution >= 0.6 is 11.8 Å². The predicted octanol–water partition coefficient (Wildman–Crippen LogP) is 1.02. The van der Waals surface area contributed by atoms with Crippen molar-refractivity contribution < 1.29 is 38.5 Å². The molecule has 0 spiro atoms. The minimum atomic E-state index is -1.93. The van der Waals surface area contributed by atoms with Gasteiger partial charge in [0.05, 0.1) is 0 Å². The second kappa shape index (κ2) is 9.25. The van der Waals surface area contributed by atoms with Gasteiger partial charge in [-0.3, -0.25) is 24.6 Å². The van der Waals surface area contributed by atoms with Crippen LogP contribution in [0.25, 0.3) is 0 Å². The first-order chi connectivity index (χ1) is 14.6. The van der Waals surface area contributed by atoms with Gasteiger partial charge in [0.1, 0.15) is 30.4 Å². The van der Waals surface area contributed by atoms with Gasteiger partial charge in [0.2, 0.25) is 0 Å². The highest BCUT2D eigenvalue weighted by molar-refractivity contribution is 8.00. The third-order valence-electron chi connectivity index (χ3n) is 4.90. The maximum atomic E-state index is 12.8. The van der Waals surface area contributed by atoms with Gasteiger partial charge in [-0.15, -0.1) is 0 Å². The number of carbonyl (C=O) groups is 4. The molecule has 2 heterocycles. The lowest BCUT2D eigenvalue weighted by Crippen LogP contribution is -2.69. The number of urea groups is 1. The first-order valence-corrected chi connectivity index (χ1v) is 10.5. The van der Waals surface area contributed by atoms with E-state index in [0.29, 0.717) is 0 Å². The molecular formula is C20H24N2O8S. The van der Waals surface area contributed by atoms with E-state index < -0.39 is 53.3 Å². The Morgan fingerprint density at radius 1 is 1.26 bits per heavy atom. The van der Waals surface area contributed by atoms with Crippen molar-refractivity contribution in [2.75, 3.05) is 6.61 Å². The molecule has 168 valence electrons. The normalized spacial score (nSPS) is 30.6. The van der Waals surface area contributed by atoms with E-state index in [1.54, 1.807) is 24.3 Å². The van der Waals surface area contributed by atoms with Gasteiger partial charge in [-0.25, -0.2) is 4.79 Å². The van der Waals surface area contributed by atoms with Gasteiger partial charge in [-0.05, 0) is 19.1 Å². The SMILES string of the molecule is CC(=O)OC[C@H]1O[C@@H](N2C(=O)NC(=O)[C@](C)(O)[C@@H]2Sc2ccccc2)C[C@@H]1OC(C)=O. The molecule has 2 N–H and O–H groups in total. The molecule has 2 aliphatic rings. The molecule has 3 amide bonds. The molecule has 2 aliphatic heterocycles. The van der Waals surface area contributed by atoms with Crippen molar-refractivity contribution in [3.63, 3.8) is 0 Å². The van der Waals surface area contributed by atoms with Gasteiger partial charge in [-0.2, -0.15) is 0 Å². The zero-order valence-corrected chi connectivity index (χ0v) is 18.1. The molecule has 0 unspecified atom stereocenters. The zero-order chi connectivity index (χ0) is 22.8. The number of hydrogen-bond acceptors (Lipinski definition) is 9. The summed E-state index contributed by atoms with van der Waals surface area (Å²) in [4.78, 5) is 49.8. The lowest BCUT2D eigenvalue weighted by atomic mass is 10.0. The number of carbonyl (C=O) groups excluding carboxylic acids is 4. The molecule has 0 aromatic heterocycles. The predicted molar refractivity (Wildman–Crippen MR) is 108 cm³/mol. The highest BCUT2D eigenvalue weighted by atomic mass is 32.2. The molecule has 10 nitrogen and oxygen atoms in total. The van der Waals surface area contributed by atoms with Crippen LogP contribution in [0.1, 0.15) is 27.2 Å². The Morgan fingerprint density at radius 3 is 2.55 bits per heavy atom. The van der Waals surface area contributed by atoms with Crippen molar-refractivity contribution >= 4 is 35.6 Å². The number of aliphatic hydroxyl groups is 1. The summed E-state index contributed by atoms with van der Waals surface area (Å²) in [7, 11) is 0. The number of amides is 3. The molecule has 2 fully saturated rings. The van der Waals surface area contributed by atoms with E-state index in [1.807, 2.05) is 6.07 Å². The molecule has 11 heteroatoms. The summed E-state index contributed by atoms with van der Waals surface area (Å²) in [5.41, 5.74) is -1.93. The molecule has 31 heavy (non-hydrogen) atoms. The molecule has 0 radical (unpaired) electrons. The number of rotatable bonds is 6. The van der Waals surface area contributed by atoms with Crippen LogP contribution in [0, 0.1) is 0 Å². The fourth-order valence-electron chi connectivity index (χ4n) is 3.42. The van der Waals surface area contributed by atoms with Crippen LogP contribution in [0.2, 0.25) is 0 Å². The summed E-state index contributed by atoms with van der Waals surface area (Å²) >= 11 is 1.13. The van der Waals surface area contributed by atoms with E-state index in [4.69, 9.17) is 14.2 Å². The van der Waals surface area contributed by atoms with Crippen LogP contribution in [0.4, 0.5) is 4.79 Å². The zero-order valence-electron chi connectivity index (χ0n) is 17.3. The van der Waals surface area contributed by atoms with Crippen LogP contribution in [0.5, 0.6) is 0 Å². The summed E-state index contributed by atoms with van der Waals surface area (Å²) in [5.74, 6) is -1.91. The van der Waals surface area contributed by atoms with Gasteiger partial charge in [0.15, 0.2) is 5.60 Å². The average molecular weight is 452 g/mol. The Bertz CT molecular complexity index is 862. The minimum absolute atomic E-state index is 0.0784. The van der Waals surface area contributed by atoms with Crippen molar-refractivity contribution in [2.24, 2.45) is 0 Å². The van der Waals surface area contributed by atoms with E-state index in [0.717, 1.165) is 16.7 Å². The highest BCUT2D eigenvalue weighted by Crippen LogP contribution is 2.39. The molecule has 0 saturated carbocycles.